The van der Waals surface area contributed by atoms with Crippen LogP contribution in [-0.2, 0) is 6.42 Å². The van der Waals surface area contributed by atoms with Gasteiger partial charge in [-0.05, 0) is 30.5 Å². The number of benzene rings is 1. The molecule has 2 aliphatic heterocycles. The van der Waals surface area contributed by atoms with E-state index >= 15 is 0 Å². The quantitative estimate of drug-likeness (QED) is 0.906. The highest BCUT2D eigenvalue weighted by atomic mass is 19.4. The van der Waals surface area contributed by atoms with Gasteiger partial charge in [-0.25, -0.2) is 0 Å². The Bertz CT molecular complexity index is 493. The van der Waals surface area contributed by atoms with E-state index < -0.39 is 12.7 Å². The van der Waals surface area contributed by atoms with E-state index in [0.29, 0.717) is 26.2 Å². The van der Waals surface area contributed by atoms with Gasteiger partial charge in [-0.2, -0.15) is 13.2 Å². The number of halogens is 3. The molecular weight excluding hydrogens is 279 g/mol. The molecule has 0 unspecified atom stereocenters. The van der Waals surface area contributed by atoms with Gasteiger partial charge in [0, 0.05) is 44.1 Å². The molecule has 0 atom stereocenters. The Hall–Kier alpha value is -1.43. The topological polar surface area (TPSA) is 18.5 Å². The van der Waals surface area contributed by atoms with Crippen LogP contribution in [0.1, 0.15) is 12.0 Å². The molecule has 2 aliphatic rings. The van der Waals surface area contributed by atoms with Gasteiger partial charge in [-0.3, -0.25) is 4.90 Å². The SMILES string of the molecule is FC(F)(F)CN1CCN(c2ccc3c(c2)NCCC3)CC1. The summed E-state index contributed by atoms with van der Waals surface area (Å²) in [6, 6.07) is 6.36. The third kappa shape index (κ3) is 3.61. The Morgan fingerprint density at radius 1 is 1.10 bits per heavy atom. The van der Waals surface area contributed by atoms with Crippen LogP contribution in [0.5, 0.6) is 0 Å². The van der Waals surface area contributed by atoms with E-state index in [0.717, 1.165) is 25.1 Å². The van der Waals surface area contributed by atoms with E-state index in [4.69, 9.17) is 0 Å². The second-order valence-corrected chi connectivity index (χ2v) is 5.75. The number of anilines is 2. The third-order valence-corrected chi connectivity index (χ3v) is 4.17. The molecule has 6 heteroatoms. The number of hydrogen-bond donors (Lipinski definition) is 1. The van der Waals surface area contributed by atoms with E-state index in [1.54, 1.807) is 0 Å². The van der Waals surface area contributed by atoms with Crippen molar-refractivity contribution >= 4 is 11.4 Å². The van der Waals surface area contributed by atoms with Crippen LogP contribution in [-0.4, -0.2) is 50.3 Å². The number of piperazine rings is 1. The van der Waals surface area contributed by atoms with Crippen LogP contribution in [0.25, 0.3) is 0 Å². The first-order valence-electron chi connectivity index (χ1n) is 7.42. The molecule has 0 bridgehead atoms. The van der Waals surface area contributed by atoms with Crippen LogP contribution < -0.4 is 10.2 Å². The molecule has 0 radical (unpaired) electrons. The van der Waals surface area contributed by atoms with Crippen LogP contribution in [0.15, 0.2) is 18.2 Å². The summed E-state index contributed by atoms with van der Waals surface area (Å²) in [6.45, 7) is 2.42. The van der Waals surface area contributed by atoms with Gasteiger partial charge < -0.3 is 10.2 Å². The summed E-state index contributed by atoms with van der Waals surface area (Å²) in [5.41, 5.74) is 3.62. The summed E-state index contributed by atoms with van der Waals surface area (Å²) in [6.07, 6.45) is -1.84. The van der Waals surface area contributed by atoms with Crippen molar-refractivity contribution in [2.24, 2.45) is 0 Å². The Balaban J connectivity index is 1.62. The van der Waals surface area contributed by atoms with Crippen molar-refractivity contribution < 1.29 is 13.2 Å². The van der Waals surface area contributed by atoms with E-state index in [9.17, 15) is 13.2 Å². The molecule has 0 spiro atoms. The molecule has 0 amide bonds. The second-order valence-electron chi connectivity index (χ2n) is 5.75. The summed E-state index contributed by atoms with van der Waals surface area (Å²) < 4.78 is 37.2. The van der Waals surface area contributed by atoms with Crippen molar-refractivity contribution in [3.63, 3.8) is 0 Å². The maximum absolute atomic E-state index is 12.4. The van der Waals surface area contributed by atoms with Gasteiger partial charge in [0.25, 0.3) is 0 Å². The van der Waals surface area contributed by atoms with Crippen molar-refractivity contribution in [1.82, 2.24) is 4.90 Å². The first kappa shape index (κ1) is 14.5. The molecule has 0 aromatic heterocycles. The first-order chi connectivity index (χ1) is 10.0. The minimum Gasteiger partial charge on any atom is -0.385 e. The largest absolute Gasteiger partial charge is 0.401 e. The Labute approximate surface area is 122 Å². The molecule has 1 N–H and O–H groups in total. The van der Waals surface area contributed by atoms with Crippen LogP contribution >= 0.6 is 0 Å². The fraction of sp³-hybridized carbons (Fsp3) is 0.600. The minimum atomic E-state index is -4.10. The Morgan fingerprint density at radius 3 is 2.57 bits per heavy atom. The number of fused-ring (bicyclic) bond motifs is 1. The van der Waals surface area contributed by atoms with Crippen molar-refractivity contribution in [2.75, 3.05) is 49.5 Å². The summed E-state index contributed by atoms with van der Waals surface area (Å²) in [5.74, 6) is 0. The van der Waals surface area contributed by atoms with Crippen molar-refractivity contribution in [3.05, 3.63) is 23.8 Å². The number of hydrogen-bond acceptors (Lipinski definition) is 3. The number of alkyl halides is 3. The lowest BCUT2D eigenvalue weighted by Gasteiger charge is -2.36. The van der Waals surface area contributed by atoms with Crippen molar-refractivity contribution in [1.29, 1.82) is 0 Å². The highest BCUT2D eigenvalue weighted by Gasteiger charge is 2.32. The van der Waals surface area contributed by atoms with Gasteiger partial charge >= 0.3 is 6.18 Å². The number of rotatable bonds is 2. The number of nitrogens with one attached hydrogen (secondary N) is 1. The van der Waals surface area contributed by atoms with Crippen LogP contribution in [0.3, 0.4) is 0 Å². The van der Waals surface area contributed by atoms with E-state index in [-0.39, 0.29) is 0 Å². The summed E-state index contributed by atoms with van der Waals surface area (Å²) >= 11 is 0. The maximum Gasteiger partial charge on any atom is 0.401 e. The zero-order valence-electron chi connectivity index (χ0n) is 11.9. The fourth-order valence-corrected chi connectivity index (χ4v) is 3.06. The lowest BCUT2D eigenvalue weighted by molar-refractivity contribution is -0.146. The molecule has 1 fully saturated rings. The van der Waals surface area contributed by atoms with Gasteiger partial charge in [0.1, 0.15) is 0 Å². The number of nitrogens with zero attached hydrogens (tertiary/aromatic N) is 2. The molecule has 0 saturated carbocycles. The molecule has 1 aromatic rings. The normalized spacial score (nSPS) is 20.0. The van der Waals surface area contributed by atoms with Crippen molar-refractivity contribution in [2.45, 2.75) is 19.0 Å². The first-order valence-corrected chi connectivity index (χ1v) is 7.42. The fourth-order valence-electron chi connectivity index (χ4n) is 3.06. The standard InChI is InChI=1S/C15H20F3N3/c16-15(17,18)11-20-6-8-21(9-7-20)13-4-3-12-2-1-5-19-14(12)10-13/h3-4,10,19H,1-2,5-9,11H2. The maximum atomic E-state index is 12.4. The van der Waals surface area contributed by atoms with Crippen LogP contribution in [0.4, 0.5) is 24.5 Å². The Morgan fingerprint density at radius 2 is 1.86 bits per heavy atom. The van der Waals surface area contributed by atoms with E-state index in [1.165, 1.54) is 16.2 Å². The minimum absolute atomic E-state index is 0.462. The third-order valence-electron chi connectivity index (χ3n) is 4.17. The molecule has 21 heavy (non-hydrogen) atoms. The molecule has 3 nitrogen and oxygen atoms in total. The second kappa shape index (κ2) is 5.75. The summed E-state index contributed by atoms with van der Waals surface area (Å²) in [4.78, 5) is 3.65. The average molecular weight is 299 g/mol. The molecule has 3 rings (SSSR count). The summed E-state index contributed by atoms with van der Waals surface area (Å²) in [5, 5.41) is 3.40. The lowest BCUT2D eigenvalue weighted by atomic mass is 10.0. The Kier molecular flexibility index (Phi) is 3.97. The summed E-state index contributed by atoms with van der Waals surface area (Å²) in [7, 11) is 0. The van der Waals surface area contributed by atoms with Crippen LogP contribution in [0.2, 0.25) is 0 Å². The average Bonchev–Trinajstić information content (AvgIpc) is 2.46. The molecule has 116 valence electrons. The molecule has 2 heterocycles. The van der Waals surface area contributed by atoms with Gasteiger partial charge in [0.15, 0.2) is 0 Å². The predicted molar refractivity (Wildman–Crippen MR) is 78.0 cm³/mol. The zero-order chi connectivity index (χ0) is 14.9. The predicted octanol–water partition coefficient (Wildman–Crippen LogP) is 2.73. The highest BCUT2D eigenvalue weighted by Crippen LogP contribution is 2.28. The zero-order valence-corrected chi connectivity index (χ0v) is 11.9. The van der Waals surface area contributed by atoms with Gasteiger partial charge in [0.05, 0.1) is 6.54 Å². The van der Waals surface area contributed by atoms with Crippen molar-refractivity contribution in [3.8, 4) is 0 Å². The van der Waals surface area contributed by atoms with Gasteiger partial charge in [-0.1, -0.05) is 6.07 Å². The highest BCUT2D eigenvalue weighted by molar-refractivity contribution is 5.63. The monoisotopic (exact) mass is 299 g/mol. The van der Waals surface area contributed by atoms with E-state index in [1.807, 2.05) is 0 Å². The molecular formula is C15H20F3N3. The lowest BCUT2D eigenvalue weighted by Crippen LogP contribution is -2.49. The molecule has 1 aromatic carbocycles. The molecule has 1 saturated heterocycles. The van der Waals surface area contributed by atoms with Crippen LogP contribution in [0, 0.1) is 0 Å². The number of aryl methyl sites for hydroxylation is 1. The van der Waals surface area contributed by atoms with Gasteiger partial charge in [0.2, 0.25) is 0 Å². The van der Waals surface area contributed by atoms with E-state index in [2.05, 4.69) is 28.4 Å². The van der Waals surface area contributed by atoms with Gasteiger partial charge in [-0.15, -0.1) is 0 Å². The molecule has 0 aliphatic carbocycles. The smallest absolute Gasteiger partial charge is 0.385 e.